The maximum atomic E-state index is 11.7. The number of benzene rings is 1. The average Bonchev–Trinajstić information content (AvgIpc) is 2.37. The predicted molar refractivity (Wildman–Crippen MR) is 70.1 cm³/mol. The van der Waals surface area contributed by atoms with Crippen LogP contribution in [-0.2, 0) is 11.2 Å². The third-order valence-electron chi connectivity index (χ3n) is 2.62. The molecule has 0 unspecified atom stereocenters. The molecule has 0 spiro atoms. The van der Waals surface area contributed by atoms with E-state index >= 15 is 0 Å². The van der Waals surface area contributed by atoms with Crippen molar-refractivity contribution in [1.82, 2.24) is 5.32 Å². The number of hydrogen-bond donors (Lipinski definition) is 2. The summed E-state index contributed by atoms with van der Waals surface area (Å²) in [4.78, 5) is 11.7. The van der Waals surface area contributed by atoms with E-state index < -0.39 is 0 Å². The van der Waals surface area contributed by atoms with Crippen LogP contribution in [0.3, 0.4) is 0 Å². The zero-order chi connectivity index (χ0) is 13.5. The smallest absolute Gasteiger partial charge is 0.224 e. The van der Waals surface area contributed by atoms with E-state index in [9.17, 15) is 4.79 Å². The Kier molecular flexibility index (Phi) is 5.45. The van der Waals surface area contributed by atoms with E-state index in [1.165, 1.54) is 0 Å². The van der Waals surface area contributed by atoms with Crippen molar-refractivity contribution < 1.29 is 14.3 Å². The van der Waals surface area contributed by atoms with E-state index in [1.807, 2.05) is 19.1 Å². The van der Waals surface area contributed by atoms with Crippen molar-refractivity contribution in [2.75, 3.05) is 27.3 Å². The summed E-state index contributed by atoms with van der Waals surface area (Å²) in [6, 6.07) is 3.70. The fourth-order valence-electron chi connectivity index (χ4n) is 1.70. The van der Waals surface area contributed by atoms with Crippen molar-refractivity contribution in [3.05, 3.63) is 23.3 Å². The van der Waals surface area contributed by atoms with Gasteiger partial charge < -0.3 is 20.5 Å². The van der Waals surface area contributed by atoms with E-state index in [-0.39, 0.29) is 12.3 Å². The summed E-state index contributed by atoms with van der Waals surface area (Å²) < 4.78 is 10.5. The lowest BCUT2D eigenvalue weighted by Gasteiger charge is -2.13. The maximum Gasteiger partial charge on any atom is 0.224 e. The van der Waals surface area contributed by atoms with Gasteiger partial charge in [0.05, 0.1) is 20.6 Å². The first kappa shape index (κ1) is 14.3. The molecule has 0 aromatic heterocycles. The molecule has 5 heteroatoms. The predicted octanol–water partition coefficient (Wildman–Crippen LogP) is 0.630. The van der Waals surface area contributed by atoms with Gasteiger partial charge in [-0.1, -0.05) is 0 Å². The number of carbonyl (C=O) groups excluding carboxylic acids is 1. The van der Waals surface area contributed by atoms with Gasteiger partial charge in [0.25, 0.3) is 0 Å². The minimum atomic E-state index is -0.0790. The number of nitrogens with one attached hydrogen (secondary N) is 1. The topological polar surface area (TPSA) is 73.6 Å². The van der Waals surface area contributed by atoms with Crippen LogP contribution in [0.2, 0.25) is 0 Å². The van der Waals surface area contributed by atoms with Crippen LogP contribution >= 0.6 is 0 Å². The molecule has 0 bridgehead atoms. The monoisotopic (exact) mass is 252 g/mol. The summed E-state index contributed by atoms with van der Waals surface area (Å²) in [7, 11) is 3.19. The van der Waals surface area contributed by atoms with E-state index in [0.717, 1.165) is 16.9 Å². The number of amides is 1. The van der Waals surface area contributed by atoms with Crippen molar-refractivity contribution in [1.29, 1.82) is 0 Å². The zero-order valence-corrected chi connectivity index (χ0v) is 11.1. The van der Waals surface area contributed by atoms with Crippen LogP contribution in [0.4, 0.5) is 0 Å². The van der Waals surface area contributed by atoms with Gasteiger partial charge >= 0.3 is 0 Å². The summed E-state index contributed by atoms with van der Waals surface area (Å²) >= 11 is 0. The first-order valence-corrected chi connectivity index (χ1v) is 5.80. The van der Waals surface area contributed by atoms with Gasteiger partial charge in [0.2, 0.25) is 5.91 Å². The number of methoxy groups -OCH3 is 2. The number of rotatable bonds is 6. The third-order valence-corrected chi connectivity index (χ3v) is 2.62. The van der Waals surface area contributed by atoms with Crippen molar-refractivity contribution >= 4 is 5.91 Å². The quantitative estimate of drug-likeness (QED) is 0.779. The van der Waals surface area contributed by atoms with Gasteiger partial charge in [-0.15, -0.1) is 0 Å². The Morgan fingerprint density at radius 3 is 2.50 bits per heavy atom. The molecular formula is C13H20N2O3. The molecule has 0 heterocycles. The van der Waals surface area contributed by atoms with Gasteiger partial charge in [0.15, 0.2) is 0 Å². The molecule has 18 heavy (non-hydrogen) atoms. The van der Waals surface area contributed by atoms with E-state index in [0.29, 0.717) is 18.8 Å². The molecule has 1 aromatic rings. The minimum absolute atomic E-state index is 0.0790. The van der Waals surface area contributed by atoms with Crippen LogP contribution in [0.1, 0.15) is 11.1 Å². The average molecular weight is 252 g/mol. The first-order valence-electron chi connectivity index (χ1n) is 5.80. The van der Waals surface area contributed by atoms with Crippen LogP contribution in [-0.4, -0.2) is 33.2 Å². The molecule has 0 saturated carbocycles. The molecule has 0 aliphatic heterocycles. The molecule has 1 rings (SSSR count). The molecule has 0 fully saturated rings. The molecule has 100 valence electrons. The highest BCUT2D eigenvalue weighted by Gasteiger charge is 2.12. The molecular weight excluding hydrogens is 232 g/mol. The first-order chi connectivity index (χ1) is 8.62. The largest absolute Gasteiger partial charge is 0.496 e. The molecule has 0 atom stereocenters. The normalized spacial score (nSPS) is 10.0. The Balaban J connectivity index is 2.89. The van der Waals surface area contributed by atoms with E-state index in [1.54, 1.807) is 14.2 Å². The summed E-state index contributed by atoms with van der Waals surface area (Å²) in [5, 5.41) is 2.72. The van der Waals surface area contributed by atoms with Crippen LogP contribution in [0.5, 0.6) is 11.5 Å². The zero-order valence-electron chi connectivity index (χ0n) is 11.1. The molecule has 1 aromatic carbocycles. The Bertz CT molecular complexity index is 419. The lowest BCUT2D eigenvalue weighted by molar-refractivity contribution is -0.120. The SMILES string of the molecule is COc1cc(CC(=O)NCCN)c(OC)cc1C. The second kappa shape index (κ2) is 6.86. The second-order valence-electron chi connectivity index (χ2n) is 3.95. The van der Waals surface area contributed by atoms with E-state index in [4.69, 9.17) is 15.2 Å². The van der Waals surface area contributed by atoms with Crippen molar-refractivity contribution in [3.8, 4) is 11.5 Å². The van der Waals surface area contributed by atoms with Crippen LogP contribution in [0.25, 0.3) is 0 Å². The molecule has 1 amide bonds. The molecule has 5 nitrogen and oxygen atoms in total. The summed E-state index contributed by atoms with van der Waals surface area (Å²) in [5.41, 5.74) is 7.11. The summed E-state index contributed by atoms with van der Waals surface area (Å²) in [6.07, 6.45) is 0.250. The van der Waals surface area contributed by atoms with Gasteiger partial charge in [-0.05, 0) is 24.6 Å². The Hall–Kier alpha value is -1.75. The van der Waals surface area contributed by atoms with Crippen LogP contribution in [0, 0.1) is 6.92 Å². The summed E-state index contributed by atoms with van der Waals surface area (Å²) in [6.45, 7) is 2.84. The van der Waals surface area contributed by atoms with Gasteiger partial charge in [-0.25, -0.2) is 0 Å². The number of hydrogen-bond acceptors (Lipinski definition) is 4. The van der Waals surface area contributed by atoms with Crippen molar-refractivity contribution in [3.63, 3.8) is 0 Å². The number of nitrogens with two attached hydrogens (primary N) is 1. The van der Waals surface area contributed by atoms with Gasteiger partial charge in [0, 0.05) is 18.7 Å². The Morgan fingerprint density at radius 1 is 1.28 bits per heavy atom. The number of ether oxygens (including phenoxy) is 2. The number of carbonyl (C=O) groups is 1. The Morgan fingerprint density at radius 2 is 1.94 bits per heavy atom. The third kappa shape index (κ3) is 3.63. The molecule has 0 aliphatic carbocycles. The fourth-order valence-corrected chi connectivity index (χ4v) is 1.70. The lowest BCUT2D eigenvalue weighted by atomic mass is 10.1. The molecule has 0 saturated heterocycles. The highest BCUT2D eigenvalue weighted by Crippen LogP contribution is 2.28. The number of aryl methyl sites for hydroxylation is 1. The van der Waals surface area contributed by atoms with Gasteiger partial charge in [-0.2, -0.15) is 0 Å². The molecule has 0 radical (unpaired) electrons. The second-order valence-corrected chi connectivity index (χ2v) is 3.95. The minimum Gasteiger partial charge on any atom is -0.496 e. The van der Waals surface area contributed by atoms with Crippen molar-refractivity contribution in [2.24, 2.45) is 5.73 Å². The Labute approximate surface area is 107 Å². The molecule has 0 aliphatic rings. The van der Waals surface area contributed by atoms with Gasteiger partial charge in [0.1, 0.15) is 11.5 Å². The molecule has 3 N–H and O–H groups in total. The van der Waals surface area contributed by atoms with Crippen molar-refractivity contribution in [2.45, 2.75) is 13.3 Å². The van der Waals surface area contributed by atoms with Gasteiger partial charge in [-0.3, -0.25) is 4.79 Å². The standard InChI is InChI=1S/C13H20N2O3/c1-9-6-12(18-3)10(7-11(9)17-2)8-13(16)15-5-4-14/h6-7H,4-5,8,14H2,1-3H3,(H,15,16). The fraction of sp³-hybridized carbons (Fsp3) is 0.462. The lowest BCUT2D eigenvalue weighted by Crippen LogP contribution is -2.30. The summed E-state index contributed by atoms with van der Waals surface area (Å²) in [5.74, 6) is 1.36. The highest BCUT2D eigenvalue weighted by atomic mass is 16.5. The maximum absolute atomic E-state index is 11.7. The van der Waals surface area contributed by atoms with E-state index in [2.05, 4.69) is 5.32 Å². The highest BCUT2D eigenvalue weighted by molar-refractivity contribution is 5.79. The van der Waals surface area contributed by atoms with Crippen LogP contribution < -0.4 is 20.5 Å². The van der Waals surface area contributed by atoms with Crippen LogP contribution in [0.15, 0.2) is 12.1 Å².